The Balaban J connectivity index is 0.000000344. The molecule has 0 spiro atoms. The molecule has 0 saturated carbocycles. The Bertz CT molecular complexity index is 474. The fourth-order valence-corrected chi connectivity index (χ4v) is 2.34. The van der Waals surface area contributed by atoms with Crippen molar-refractivity contribution in [3.05, 3.63) is 48.5 Å². The number of fused-ring (bicyclic) bond motifs is 1. The van der Waals surface area contributed by atoms with Gasteiger partial charge >= 0.3 is 7.60 Å². The van der Waals surface area contributed by atoms with Crippen LogP contribution in [-0.2, 0) is 4.57 Å². The van der Waals surface area contributed by atoms with E-state index in [9.17, 15) is 4.57 Å². The number of rotatable bonds is 4. The molecule has 21 heavy (non-hydrogen) atoms. The van der Waals surface area contributed by atoms with Crippen LogP contribution in [0.5, 0.6) is 0 Å². The first-order chi connectivity index (χ1) is 10.0. The minimum Gasteiger partial charge on any atom is -0.333 e. The predicted molar refractivity (Wildman–Crippen MR) is 90.5 cm³/mol. The molecule has 0 bridgehead atoms. The number of nitrogens with two attached hydrogens (primary N) is 1. The average molecular weight is 311 g/mol. The molecule has 0 aromatic heterocycles. The molecule has 4 N–H and O–H groups in total. The van der Waals surface area contributed by atoms with E-state index < -0.39 is 7.60 Å². The Morgan fingerprint density at radius 3 is 1.57 bits per heavy atom. The van der Waals surface area contributed by atoms with E-state index in [4.69, 9.17) is 9.79 Å². The van der Waals surface area contributed by atoms with E-state index in [2.05, 4.69) is 54.3 Å². The van der Waals surface area contributed by atoms with Crippen LogP contribution in [0.4, 0.5) is 0 Å². The van der Waals surface area contributed by atoms with E-state index in [1.54, 1.807) is 0 Å². The molecule has 0 amide bonds. The Kier molecular flexibility index (Phi) is 10.8. The highest BCUT2D eigenvalue weighted by atomic mass is 31.2. The van der Waals surface area contributed by atoms with E-state index in [0.29, 0.717) is 6.42 Å². The Hall–Kier alpha value is -1.19. The molecular weight excluding hydrogens is 285 g/mol. The van der Waals surface area contributed by atoms with Crippen LogP contribution in [0.25, 0.3) is 10.8 Å². The lowest BCUT2D eigenvalue weighted by Crippen LogP contribution is -1.86. The van der Waals surface area contributed by atoms with Gasteiger partial charge in [-0.05, 0) is 24.2 Å². The van der Waals surface area contributed by atoms with Gasteiger partial charge in [0.05, 0.1) is 0 Å². The quantitative estimate of drug-likeness (QED) is 0.593. The average Bonchev–Trinajstić information content (AvgIpc) is 2.49. The third-order valence-electron chi connectivity index (χ3n) is 2.71. The van der Waals surface area contributed by atoms with Crippen molar-refractivity contribution in [2.45, 2.75) is 26.2 Å². The lowest BCUT2D eigenvalue weighted by atomic mass is 10.1. The third-order valence-corrected chi connectivity index (χ3v) is 3.61. The zero-order valence-corrected chi connectivity index (χ0v) is 13.7. The summed E-state index contributed by atoms with van der Waals surface area (Å²) in [6.45, 7) is 2.00. The molecule has 0 atom stereocenters. The second-order valence-electron chi connectivity index (χ2n) is 4.44. The molecule has 0 saturated heterocycles. The van der Waals surface area contributed by atoms with Gasteiger partial charge < -0.3 is 15.5 Å². The van der Waals surface area contributed by atoms with Crippen LogP contribution in [0, 0.1) is 0 Å². The highest BCUT2D eigenvalue weighted by molar-refractivity contribution is 7.51. The van der Waals surface area contributed by atoms with E-state index in [1.165, 1.54) is 17.8 Å². The molecule has 0 fully saturated rings. The molecule has 5 heteroatoms. The third kappa shape index (κ3) is 10.2. The molecule has 2 aromatic rings. The Morgan fingerprint density at radius 2 is 1.29 bits per heavy atom. The smallest absolute Gasteiger partial charge is 0.325 e. The van der Waals surface area contributed by atoms with Crippen LogP contribution in [-0.4, -0.2) is 23.0 Å². The summed E-state index contributed by atoms with van der Waals surface area (Å²) in [4.78, 5) is 16.7. The number of benzene rings is 2. The molecule has 2 aromatic carbocycles. The molecule has 4 nitrogen and oxygen atoms in total. The van der Waals surface area contributed by atoms with Crippen LogP contribution in [0.2, 0.25) is 0 Å². The molecule has 0 aliphatic carbocycles. The molecule has 118 valence electrons. The van der Waals surface area contributed by atoms with Gasteiger partial charge in [0, 0.05) is 6.16 Å². The van der Waals surface area contributed by atoms with Gasteiger partial charge in [0.15, 0.2) is 0 Å². The second kappa shape index (κ2) is 11.5. The second-order valence-corrected chi connectivity index (χ2v) is 6.22. The minimum absolute atomic E-state index is 0.0425. The first kappa shape index (κ1) is 19.8. The zero-order valence-electron chi connectivity index (χ0n) is 12.8. The van der Waals surface area contributed by atoms with Gasteiger partial charge in [0.2, 0.25) is 0 Å². The summed E-state index contributed by atoms with van der Waals surface area (Å²) in [5.74, 6) is 0. The maximum Gasteiger partial charge on any atom is 0.325 e. The van der Waals surface area contributed by atoms with E-state index in [1.807, 2.05) is 6.92 Å². The summed E-state index contributed by atoms with van der Waals surface area (Å²) in [5, 5.41) is 2.62. The molecule has 0 unspecified atom stereocenters. The van der Waals surface area contributed by atoms with Gasteiger partial charge in [-0.25, -0.2) is 0 Å². The van der Waals surface area contributed by atoms with E-state index >= 15 is 0 Å². The molecule has 2 rings (SSSR count). The van der Waals surface area contributed by atoms with Gasteiger partial charge in [-0.1, -0.05) is 68.3 Å². The maximum absolute atomic E-state index is 10.2. The number of unbranched alkanes of at least 4 members (excludes halogenated alkanes) is 2. The highest BCUT2D eigenvalue weighted by Crippen LogP contribution is 2.35. The molecule has 0 aliphatic rings. The first-order valence-electron chi connectivity index (χ1n) is 7.09. The van der Waals surface area contributed by atoms with Crippen LogP contribution in [0.15, 0.2) is 48.5 Å². The SMILES string of the molecule is CCCCCP(=O)(O)O.CN.c1ccc2ccccc2c1. The minimum atomic E-state index is -3.70. The fourth-order valence-electron chi connectivity index (χ4n) is 1.70. The van der Waals surface area contributed by atoms with Crippen molar-refractivity contribution in [1.82, 2.24) is 0 Å². The van der Waals surface area contributed by atoms with Gasteiger partial charge in [-0.3, -0.25) is 4.57 Å². The molecule has 0 aliphatic heterocycles. The molecular formula is C16H26NO3P. The standard InChI is InChI=1S/C10H8.C5H13O3P.CH5N/c1-2-6-10-8-4-3-7-9(10)5-1;1-2-3-4-5-9(6,7)8;1-2/h1-8H;2-5H2,1H3,(H2,6,7,8);2H2,1H3. The topological polar surface area (TPSA) is 83.5 Å². The Morgan fingerprint density at radius 1 is 0.905 bits per heavy atom. The largest absolute Gasteiger partial charge is 0.333 e. The van der Waals surface area contributed by atoms with Crippen molar-refractivity contribution in [3.63, 3.8) is 0 Å². The van der Waals surface area contributed by atoms with Crippen molar-refractivity contribution in [2.24, 2.45) is 5.73 Å². The summed E-state index contributed by atoms with van der Waals surface area (Å²) in [6.07, 6.45) is 2.59. The summed E-state index contributed by atoms with van der Waals surface area (Å²) in [5.41, 5.74) is 4.50. The van der Waals surface area contributed by atoms with Gasteiger partial charge in [0.25, 0.3) is 0 Å². The lowest BCUT2D eigenvalue weighted by Gasteiger charge is -2.00. The van der Waals surface area contributed by atoms with Gasteiger partial charge in [0.1, 0.15) is 0 Å². The summed E-state index contributed by atoms with van der Waals surface area (Å²) in [7, 11) is -2.20. The van der Waals surface area contributed by atoms with Gasteiger partial charge in [-0.15, -0.1) is 0 Å². The van der Waals surface area contributed by atoms with Gasteiger partial charge in [-0.2, -0.15) is 0 Å². The fraction of sp³-hybridized carbons (Fsp3) is 0.375. The lowest BCUT2D eigenvalue weighted by molar-refractivity contribution is 0.371. The van der Waals surface area contributed by atoms with Crippen LogP contribution in [0.1, 0.15) is 26.2 Å². The van der Waals surface area contributed by atoms with Crippen molar-refractivity contribution in [3.8, 4) is 0 Å². The van der Waals surface area contributed by atoms with Crippen molar-refractivity contribution in [2.75, 3.05) is 13.2 Å². The Labute approximate surface area is 127 Å². The summed E-state index contributed by atoms with van der Waals surface area (Å²) < 4.78 is 10.2. The van der Waals surface area contributed by atoms with Crippen molar-refractivity contribution >= 4 is 18.4 Å². The van der Waals surface area contributed by atoms with Crippen molar-refractivity contribution in [1.29, 1.82) is 0 Å². The van der Waals surface area contributed by atoms with Crippen LogP contribution < -0.4 is 5.73 Å². The van der Waals surface area contributed by atoms with Crippen LogP contribution in [0.3, 0.4) is 0 Å². The maximum atomic E-state index is 10.2. The van der Waals surface area contributed by atoms with Crippen LogP contribution >= 0.6 is 7.60 Å². The number of hydrogen-bond donors (Lipinski definition) is 3. The zero-order chi connectivity index (χ0) is 16.1. The predicted octanol–water partition coefficient (Wildman–Crippen LogP) is 3.77. The highest BCUT2D eigenvalue weighted by Gasteiger charge is 2.10. The summed E-state index contributed by atoms with van der Waals surface area (Å²) >= 11 is 0. The van der Waals surface area contributed by atoms with Crippen molar-refractivity contribution < 1.29 is 14.4 Å². The molecule has 0 heterocycles. The normalized spacial score (nSPS) is 10.1. The molecule has 0 radical (unpaired) electrons. The van der Waals surface area contributed by atoms with E-state index in [-0.39, 0.29) is 6.16 Å². The number of hydrogen-bond acceptors (Lipinski definition) is 2. The first-order valence-corrected chi connectivity index (χ1v) is 8.89. The summed E-state index contributed by atoms with van der Waals surface area (Å²) in [6, 6.07) is 16.7. The van der Waals surface area contributed by atoms with E-state index in [0.717, 1.165) is 12.8 Å². The monoisotopic (exact) mass is 311 g/mol.